The summed E-state index contributed by atoms with van der Waals surface area (Å²) in [5.41, 5.74) is 2.33. The van der Waals surface area contributed by atoms with E-state index in [9.17, 15) is 9.59 Å². The summed E-state index contributed by atoms with van der Waals surface area (Å²) in [5.74, 6) is -0.529. The van der Waals surface area contributed by atoms with E-state index in [0.29, 0.717) is 29.0 Å². The van der Waals surface area contributed by atoms with E-state index in [0.717, 1.165) is 18.2 Å². The van der Waals surface area contributed by atoms with Crippen LogP contribution in [-0.4, -0.2) is 25.6 Å². The number of benzene rings is 2. The highest BCUT2D eigenvalue weighted by Gasteiger charge is 2.20. The minimum Gasteiger partial charge on any atom is -0.462 e. The lowest BCUT2D eigenvalue weighted by Crippen LogP contribution is -2.13. The first-order valence-electron chi connectivity index (χ1n) is 9.22. The fourth-order valence-electron chi connectivity index (χ4n) is 2.84. The van der Waals surface area contributed by atoms with Crippen molar-refractivity contribution in [2.75, 3.05) is 19.0 Å². The highest BCUT2D eigenvalue weighted by atomic mass is 16.5. The van der Waals surface area contributed by atoms with Crippen LogP contribution in [0.2, 0.25) is 0 Å². The molecular formula is C22H23NO5. The Labute approximate surface area is 163 Å². The number of hydrogen-bond donors (Lipinski definition) is 1. The molecule has 146 valence electrons. The second-order valence-electron chi connectivity index (χ2n) is 6.36. The summed E-state index contributed by atoms with van der Waals surface area (Å²) in [6.07, 6.45) is 1.80. The Kier molecular flexibility index (Phi) is 6.45. The van der Waals surface area contributed by atoms with Gasteiger partial charge in [0.15, 0.2) is 5.76 Å². The minimum atomic E-state index is -0.374. The molecule has 0 spiro atoms. The number of esters is 1. The van der Waals surface area contributed by atoms with Gasteiger partial charge < -0.3 is 19.2 Å². The summed E-state index contributed by atoms with van der Waals surface area (Å²) >= 11 is 0. The number of anilines is 1. The van der Waals surface area contributed by atoms with Gasteiger partial charge in [0.05, 0.1) is 18.8 Å². The van der Waals surface area contributed by atoms with Gasteiger partial charge in [-0.15, -0.1) is 0 Å². The highest BCUT2D eigenvalue weighted by molar-refractivity contribution is 6.06. The number of nitrogens with one attached hydrogen (secondary N) is 1. The number of rotatable bonds is 8. The number of ether oxygens (including phenoxy) is 2. The molecule has 1 heterocycles. The maximum absolute atomic E-state index is 12.7. The van der Waals surface area contributed by atoms with E-state index in [4.69, 9.17) is 13.9 Å². The number of carbonyl (C=O) groups is 2. The molecule has 0 atom stereocenters. The van der Waals surface area contributed by atoms with Crippen LogP contribution in [0.1, 0.15) is 46.2 Å². The third-order valence-corrected chi connectivity index (χ3v) is 4.30. The molecule has 1 amide bonds. The Morgan fingerprint density at radius 3 is 2.54 bits per heavy atom. The van der Waals surface area contributed by atoms with E-state index < -0.39 is 0 Å². The van der Waals surface area contributed by atoms with Gasteiger partial charge in [-0.2, -0.15) is 0 Å². The lowest BCUT2D eigenvalue weighted by atomic mass is 10.1. The summed E-state index contributed by atoms with van der Waals surface area (Å²) in [6, 6.07) is 14.0. The lowest BCUT2D eigenvalue weighted by Gasteiger charge is -2.07. The van der Waals surface area contributed by atoms with Crippen molar-refractivity contribution in [1.29, 1.82) is 0 Å². The quantitative estimate of drug-likeness (QED) is 0.448. The molecule has 1 N–H and O–H groups in total. The van der Waals surface area contributed by atoms with Crippen molar-refractivity contribution in [3.05, 3.63) is 65.4 Å². The molecule has 3 rings (SSSR count). The number of furan rings is 1. The van der Waals surface area contributed by atoms with Crippen molar-refractivity contribution in [3.63, 3.8) is 0 Å². The highest BCUT2D eigenvalue weighted by Crippen LogP contribution is 2.27. The second kappa shape index (κ2) is 9.19. The zero-order valence-electron chi connectivity index (χ0n) is 16.0. The van der Waals surface area contributed by atoms with Gasteiger partial charge >= 0.3 is 5.97 Å². The van der Waals surface area contributed by atoms with E-state index in [1.807, 2.05) is 31.2 Å². The van der Waals surface area contributed by atoms with Crippen LogP contribution in [0.15, 0.2) is 52.9 Å². The van der Waals surface area contributed by atoms with Crippen LogP contribution in [0.4, 0.5) is 5.69 Å². The van der Waals surface area contributed by atoms with Crippen LogP contribution < -0.4 is 5.32 Å². The van der Waals surface area contributed by atoms with Gasteiger partial charge in [0.2, 0.25) is 0 Å². The number of methoxy groups -OCH3 is 1. The average Bonchev–Trinajstić information content (AvgIpc) is 3.08. The number of unbranched alkanes of at least 4 members (excludes halogenated alkanes) is 1. The predicted molar refractivity (Wildman–Crippen MR) is 107 cm³/mol. The molecule has 0 saturated heterocycles. The largest absolute Gasteiger partial charge is 0.462 e. The summed E-state index contributed by atoms with van der Waals surface area (Å²) in [5, 5.41) is 3.64. The van der Waals surface area contributed by atoms with E-state index in [1.54, 1.807) is 31.4 Å². The van der Waals surface area contributed by atoms with E-state index in [-0.39, 0.29) is 24.2 Å². The third kappa shape index (κ3) is 4.40. The first-order valence-corrected chi connectivity index (χ1v) is 9.22. The van der Waals surface area contributed by atoms with Gasteiger partial charge in [-0.25, -0.2) is 4.79 Å². The minimum absolute atomic E-state index is 0.214. The Morgan fingerprint density at radius 2 is 1.82 bits per heavy atom. The van der Waals surface area contributed by atoms with Crippen LogP contribution in [0.25, 0.3) is 11.0 Å². The standard InChI is InChI=1S/C22H23NO5/c1-3-4-13-27-22(25)15-9-11-16(12-10-15)23-21(24)20-18(14-26-2)17-7-5-6-8-19(17)28-20/h5-12H,3-4,13-14H2,1-2H3,(H,23,24). The maximum Gasteiger partial charge on any atom is 0.338 e. The fourth-order valence-corrected chi connectivity index (χ4v) is 2.84. The number of amides is 1. The number of para-hydroxylation sites is 1. The van der Waals surface area contributed by atoms with Gasteiger partial charge in [-0.05, 0) is 36.8 Å². The Bertz CT molecular complexity index is 959. The van der Waals surface area contributed by atoms with Crippen molar-refractivity contribution >= 4 is 28.5 Å². The summed E-state index contributed by atoms with van der Waals surface area (Å²) in [4.78, 5) is 24.7. The van der Waals surface area contributed by atoms with E-state index in [1.165, 1.54) is 0 Å². The normalized spacial score (nSPS) is 10.8. The molecular weight excluding hydrogens is 358 g/mol. The van der Waals surface area contributed by atoms with Crippen molar-refractivity contribution in [3.8, 4) is 0 Å². The molecule has 0 aliphatic rings. The Morgan fingerprint density at radius 1 is 1.07 bits per heavy atom. The first kappa shape index (κ1) is 19.6. The molecule has 28 heavy (non-hydrogen) atoms. The van der Waals surface area contributed by atoms with Crippen LogP contribution in [0.3, 0.4) is 0 Å². The Hall–Kier alpha value is -3.12. The molecule has 0 unspecified atom stereocenters. The molecule has 2 aromatic carbocycles. The topological polar surface area (TPSA) is 77.8 Å². The number of fused-ring (bicyclic) bond motifs is 1. The van der Waals surface area contributed by atoms with Gasteiger partial charge in [0.1, 0.15) is 5.58 Å². The zero-order chi connectivity index (χ0) is 19.9. The van der Waals surface area contributed by atoms with Crippen LogP contribution in [-0.2, 0) is 16.1 Å². The summed E-state index contributed by atoms with van der Waals surface area (Å²) in [7, 11) is 1.57. The predicted octanol–water partition coefficient (Wildman–Crippen LogP) is 4.79. The van der Waals surface area contributed by atoms with Gasteiger partial charge in [0, 0.05) is 23.7 Å². The summed E-state index contributed by atoms with van der Waals surface area (Å²) < 4.78 is 16.1. The molecule has 3 aromatic rings. The van der Waals surface area contributed by atoms with Crippen LogP contribution in [0, 0.1) is 0 Å². The zero-order valence-corrected chi connectivity index (χ0v) is 16.0. The van der Waals surface area contributed by atoms with Crippen LogP contribution >= 0.6 is 0 Å². The van der Waals surface area contributed by atoms with Gasteiger partial charge in [-0.1, -0.05) is 31.5 Å². The molecule has 0 bridgehead atoms. The van der Waals surface area contributed by atoms with Crippen molar-refractivity contribution in [2.24, 2.45) is 0 Å². The van der Waals surface area contributed by atoms with Gasteiger partial charge in [-0.3, -0.25) is 4.79 Å². The molecule has 0 saturated carbocycles. The fraction of sp³-hybridized carbons (Fsp3) is 0.273. The second-order valence-corrected chi connectivity index (χ2v) is 6.36. The summed E-state index contributed by atoms with van der Waals surface area (Å²) in [6.45, 7) is 2.70. The van der Waals surface area contributed by atoms with Crippen LogP contribution in [0.5, 0.6) is 0 Å². The average molecular weight is 381 g/mol. The Balaban J connectivity index is 1.74. The smallest absolute Gasteiger partial charge is 0.338 e. The molecule has 1 aromatic heterocycles. The molecule has 0 radical (unpaired) electrons. The SMILES string of the molecule is CCCCOC(=O)c1ccc(NC(=O)c2oc3ccccc3c2COC)cc1. The van der Waals surface area contributed by atoms with E-state index >= 15 is 0 Å². The van der Waals surface area contributed by atoms with Crippen molar-refractivity contribution in [1.82, 2.24) is 0 Å². The monoisotopic (exact) mass is 381 g/mol. The number of hydrogen-bond acceptors (Lipinski definition) is 5. The molecule has 6 nitrogen and oxygen atoms in total. The van der Waals surface area contributed by atoms with E-state index in [2.05, 4.69) is 5.32 Å². The maximum atomic E-state index is 12.7. The van der Waals surface area contributed by atoms with Crippen molar-refractivity contribution < 1.29 is 23.5 Å². The molecule has 0 aliphatic heterocycles. The number of carbonyl (C=O) groups excluding carboxylic acids is 2. The molecule has 0 aliphatic carbocycles. The third-order valence-electron chi connectivity index (χ3n) is 4.30. The molecule has 6 heteroatoms. The first-order chi connectivity index (χ1) is 13.6. The lowest BCUT2D eigenvalue weighted by molar-refractivity contribution is 0.0499. The molecule has 0 fully saturated rings. The van der Waals surface area contributed by atoms with Crippen molar-refractivity contribution in [2.45, 2.75) is 26.4 Å². The van der Waals surface area contributed by atoms with Gasteiger partial charge in [0.25, 0.3) is 5.91 Å².